The summed E-state index contributed by atoms with van der Waals surface area (Å²) in [6.07, 6.45) is -3.53. The Kier molecular flexibility index (Phi) is 7.52. The van der Waals surface area contributed by atoms with E-state index in [2.05, 4.69) is 5.32 Å². The van der Waals surface area contributed by atoms with Gasteiger partial charge in [-0.25, -0.2) is 0 Å². The van der Waals surface area contributed by atoms with E-state index in [1.165, 1.54) is 24.3 Å². The molecule has 192 valence electrons. The molecule has 0 saturated heterocycles. The standard InChI is InChI=1S/C28H24F3NO5/c1-3-17-9-11-19(12-10-17)36-26-25(34)21-14-13-20(15-23(21)37-27(26)28(29,30)31)35-16-24(33)32-22-8-6-5-7-18(22)4-2/h5-15H,3-4,16H2,1-2H3,(H,32,33). The molecular weight excluding hydrogens is 487 g/mol. The highest BCUT2D eigenvalue weighted by Crippen LogP contribution is 2.38. The molecule has 1 heterocycles. The lowest BCUT2D eigenvalue weighted by molar-refractivity contribution is -0.154. The SMILES string of the molecule is CCc1ccc(Oc2c(C(F)(F)F)oc3cc(OCC(=O)Nc4ccccc4CC)ccc3c2=O)cc1. The topological polar surface area (TPSA) is 77.8 Å². The number of para-hydroxylation sites is 1. The van der Waals surface area contributed by atoms with Gasteiger partial charge >= 0.3 is 6.18 Å². The number of hydrogen-bond donors (Lipinski definition) is 1. The van der Waals surface area contributed by atoms with Crippen LogP contribution in [0.5, 0.6) is 17.2 Å². The van der Waals surface area contributed by atoms with Crippen LogP contribution in [0.1, 0.15) is 30.7 Å². The number of fused-ring (bicyclic) bond motifs is 1. The molecule has 0 unspecified atom stereocenters. The third kappa shape index (κ3) is 5.94. The highest BCUT2D eigenvalue weighted by Gasteiger charge is 2.40. The zero-order chi connectivity index (χ0) is 26.6. The first-order valence-electron chi connectivity index (χ1n) is 11.6. The van der Waals surface area contributed by atoms with Gasteiger partial charge in [0, 0.05) is 11.8 Å². The fourth-order valence-electron chi connectivity index (χ4n) is 3.72. The number of carbonyl (C=O) groups excluding carboxylic acids is 1. The molecule has 0 aliphatic rings. The first-order chi connectivity index (χ1) is 17.7. The lowest BCUT2D eigenvalue weighted by Crippen LogP contribution is -2.21. The highest BCUT2D eigenvalue weighted by molar-refractivity contribution is 5.92. The maximum Gasteiger partial charge on any atom is 0.453 e. The largest absolute Gasteiger partial charge is 0.484 e. The predicted octanol–water partition coefficient (Wildman–Crippen LogP) is 6.75. The second-order valence-corrected chi connectivity index (χ2v) is 8.19. The quantitative estimate of drug-likeness (QED) is 0.283. The van der Waals surface area contributed by atoms with Crippen LogP contribution in [0.3, 0.4) is 0 Å². The van der Waals surface area contributed by atoms with Gasteiger partial charge in [-0.3, -0.25) is 9.59 Å². The summed E-state index contributed by atoms with van der Waals surface area (Å²) in [5.41, 5.74) is 1.23. The van der Waals surface area contributed by atoms with Crippen LogP contribution >= 0.6 is 0 Å². The van der Waals surface area contributed by atoms with Crippen molar-refractivity contribution in [1.29, 1.82) is 0 Å². The van der Waals surface area contributed by atoms with E-state index in [0.717, 1.165) is 30.0 Å². The van der Waals surface area contributed by atoms with E-state index in [9.17, 15) is 22.8 Å². The monoisotopic (exact) mass is 511 g/mol. The van der Waals surface area contributed by atoms with E-state index >= 15 is 0 Å². The minimum absolute atomic E-state index is 0.0616. The number of carbonyl (C=O) groups is 1. The van der Waals surface area contributed by atoms with Gasteiger partial charge in [-0.05, 0) is 54.3 Å². The normalized spacial score (nSPS) is 11.4. The minimum atomic E-state index is -4.99. The van der Waals surface area contributed by atoms with Crippen molar-refractivity contribution in [1.82, 2.24) is 0 Å². The Hall–Kier alpha value is -4.27. The Bertz CT molecular complexity index is 1480. The highest BCUT2D eigenvalue weighted by atomic mass is 19.4. The van der Waals surface area contributed by atoms with Gasteiger partial charge in [0.1, 0.15) is 17.1 Å². The van der Waals surface area contributed by atoms with Gasteiger partial charge < -0.3 is 19.2 Å². The molecule has 0 saturated carbocycles. The van der Waals surface area contributed by atoms with Gasteiger partial charge in [-0.15, -0.1) is 0 Å². The summed E-state index contributed by atoms with van der Waals surface area (Å²) in [6.45, 7) is 3.50. The van der Waals surface area contributed by atoms with Gasteiger partial charge in [0.25, 0.3) is 11.7 Å². The van der Waals surface area contributed by atoms with Crippen LogP contribution in [-0.2, 0) is 23.8 Å². The van der Waals surface area contributed by atoms with Crippen LogP contribution in [0.15, 0.2) is 75.9 Å². The summed E-state index contributed by atoms with van der Waals surface area (Å²) in [4.78, 5) is 25.3. The molecule has 0 atom stereocenters. The van der Waals surface area contributed by atoms with Crippen molar-refractivity contribution >= 4 is 22.6 Å². The molecule has 4 rings (SSSR count). The maximum absolute atomic E-state index is 13.8. The van der Waals surface area contributed by atoms with E-state index in [-0.39, 0.29) is 22.5 Å². The van der Waals surface area contributed by atoms with E-state index in [1.807, 2.05) is 26.0 Å². The smallest absolute Gasteiger partial charge is 0.453 e. The second kappa shape index (κ2) is 10.8. The lowest BCUT2D eigenvalue weighted by atomic mass is 10.1. The predicted molar refractivity (Wildman–Crippen MR) is 133 cm³/mol. The summed E-state index contributed by atoms with van der Waals surface area (Å²) in [6, 6.07) is 17.5. The molecule has 9 heteroatoms. The fraction of sp³-hybridized carbons (Fsp3) is 0.214. The van der Waals surface area contributed by atoms with Gasteiger partial charge in [0.15, 0.2) is 6.61 Å². The maximum atomic E-state index is 13.8. The van der Waals surface area contributed by atoms with Crippen LogP contribution in [0.2, 0.25) is 0 Å². The Morgan fingerprint density at radius 3 is 2.32 bits per heavy atom. The van der Waals surface area contributed by atoms with E-state index in [0.29, 0.717) is 5.69 Å². The average Bonchev–Trinajstić information content (AvgIpc) is 2.89. The number of ether oxygens (including phenoxy) is 2. The van der Waals surface area contributed by atoms with Crippen molar-refractivity contribution in [2.45, 2.75) is 32.9 Å². The number of aryl methyl sites for hydroxylation is 2. The number of alkyl halides is 3. The molecule has 0 aliphatic carbocycles. The summed E-state index contributed by atoms with van der Waals surface area (Å²) < 4.78 is 57.3. The molecule has 1 amide bonds. The minimum Gasteiger partial charge on any atom is -0.484 e. The number of rotatable bonds is 8. The van der Waals surface area contributed by atoms with Crippen molar-refractivity contribution in [3.8, 4) is 17.2 Å². The molecule has 0 fully saturated rings. The van der Waals surface area contributed by atoms with Crippen LogP contribution in [0.25, 0.3) is 11.0 Å². The number of halogens is 3. The molecule has 0 spiro atoms. The number of nitrogens with one attached hydrogen (secondary N) is 1. The molecule has 6 nitrogen and oxygen atoms in total. The molecule has 4 aromatic rings. The van der Waals surface area contributed by atoms with Crippen molar-refractivity contribution < 1.29 is 31.9 Å². The van der Waals surface area contributed by atoms with Gasteiger partial charge in [0.05, 0.1) is 5.39 Å². The molecule has 3 aromatic carbocycles. The third-order valence-electron chi connectivity index (χ3n) is 5.67. The van der Waals surface area contributed by atoms with Gasteiger partial charge in [-0.1, -0.05) is 44.2 Å². The Labute approximate surface area is 210 Å². The van der Waals surface area contributed by atoms with Gasteiger partial charge in [-0.2, -0.15) is 13.2 Å². The van der Waals surface area contributed by atoms with Crippen LogP contribution in [0.4, 0.5) is 18.9 Å². The molecule has 0 radical (unpaired) electrons. The third-order valence-corrected chi connectivity index (χ3v) is 5.67. The van der Waals surface area contributed by atoms with Crippen molar-refractivity contribution in [3.05, 3.63) is 93.8 Å². The van der Waals surface area contributed by atoms with Crippen LogP contribution in [0, 0.1) is 0 Å². The number of hydrogen-bond acceptors (Lipinski definition) is 5. The number of amides is 1. The van der Waals surface area contributed by atoms with Crippen molar-refractivity contribution in [2.24, 2.45) is 0 Å². The fourth-order valence-corrected chi connectivity index (χ4v) is 3.72. The van der Waals surface area contributed by atoms with E-state index in [4.69, 9.17) is 13.9 Å². The van der Waals surface area contributed by atoms with Gasteiger partial charge in [0.2, 0.25) is 11.2 Å². The molecule has 1 aromatic heterocycles. The molecule has 1 N–H and O–H groups in total. The van der Waals surface area contributed by atoms with Crippen molar-refractivity contribution in [3.63, 3.8) is 0 Å². The molecule has 0 bridgehead atoms. The second-order valence-electron chi connectivity index (χ2n) is 8.19. The molecule has 0 aliphatic heterocycles. The number of anilines is 1. The summed E-state index contributed by atoms with van der Waals surface area (Å²) >= 11 is 0. The zero-order valence-corrected chi connectivity index (χ0v) is 20.1. The molecular formula is C28H24F3NO5. The summed E-state index contributed by atoms with van der Waals surface area (Å²) in [5, 5.41) is 2.62. The van der Waals surface area contributed by atoms with E-state index in [1.54, 1.807) is 24.3 Å². The average molecular weight is 511 g/mol. The lowest BCUT2D eigenvalue weighted by Gasteiger charge is -2.14. The van der Waals surface area contributed by atoms with Crippen LogP contribution in [-0.4, -0.2) is 12.5 Å². The molecule has 37 heavy (non-hydrogen) atoms. The Morgan fingerprint density at radius 2 is 1.65 bits per heavy atom. The first kappa shape index (κ1) is 25.8. The number of benzene rings is 3. The summed E-state index contributed by atoms with van der Waals surface area (Å²) in [5.74, 6) is -2.82. The Balaban J connectivity index is 1.59. The van der Waals surface area contributed by atoms with Crippen molar-refractivity contribution in [2.75, 3.05) is 11.9 Å². The van der Waals surface area contributed by atoms with Crippen LogP contribution < -0.4 is 20.2 Å². The zero-order valence-electron chi connectivity index (χ0n) is 20.1. The summed E-state index contributed by atoms with van der Waals surface area (Å²) in [7, 11) is 0. The Morgan fingerprint density at radius 1 is 0.946 bits per heavy atom. The van der Waals surface area contributed by atoms with E-state index < -0.39 is 35.6 Å². The first-order valence-corrected chi connectivity index (χ1v) is 11.6.